The molecule has 1 aromatic heterocycles. The average molecular weight is 384 g/mol. The summed E-state index contributed by atoms with van der Waals surface area (Å²) in [7, 11) is 0. The maximum Gasteiger partial charge on any atom is 0.252 e. The van der Waals surface area contributed by atoms with Crippen LogP contribution >= 0.6 is 11.3 Å². The van der Waals surface area contributed by atoms with Gasteiger partial charge in [0.05, 0.1) is 17.5 Å². The Bertz CT molecular complexity index is 1070. The molecule has 2 aromatic carbocycles. The second-order valence-electron chi connectivity index (χ2n) is 5.58. The van der Waals surface area contributed by atoms with Crippen LogP contribution in [-0.2, 0) is 0 Å². The Morgan fingerprint density at radius 2 is 2.04 bits per heavy atom. The predicted molar refractivity (Wildman–Crippen MR) is 103 cm³/mol. The molecule has 0 aliphatic carbocycles. The van der Waals surface area contributed by atoms with Crippen molar-refractivity contribution >= 4 is 23.5 Å². The molecule has 0 saturated carbocycles. The number of phenols is 1. The van der Waals surface area contributed by atoms with Gasteiger partial charge in [0, 0.05) is 17.5 Å². The lowest BCUT2D eigenvalue weighted by molar-refractivity contribution is 0.0998. The smallest absolute Gasteiger partial charge is 0.252 e. The summed E-state index contributed by atoms with van der Waals surface area (Å²) in [6, 6.07) is 10.6. The number of aromatic nitrogens is 1. The number of primary amides is 1. The van der Waals surface area contributed by atoms with Crippen molar-refractivity contribution in [1.29, 1.82) is 0 Å². The maximum atomic E-state index is 13.1. The molecule has 3 rings (SSSR count). The number of hydrogen-bond donors (Lipinski definition) is 2. The Hall–Kier alpha value is -3.26. The molecule has 3 N–H and O–H groups in total. The molecule has 1 heterocycles. The molecular formula is C19H17FN4O2S. The van der Waals surface area contributed by atoms with Gasteiger partial charge in [-0.15, -0.1) is 11.3 Å². The minimum Gasteiger partial charge on any atom is -0.507 e. The standard InChI is InChI=1S/C19H17FN4O2S/c1-2-22-19-24(23-10-12-3-6-14(20)7-4-12)16(11-27-19)13-5-8-17(25)15(9-13)18(21)26/h3-11,25H,2H2,1H3,(H2,21,26)/b22-19?,23-10-. The van der Waals surface area contributed by atoms with Gasteiger partial charge in [-0.05, 0) is 42.8 Å². The molecule has 138 valence electrons. The van der Waals surface area contributed by atoms with Gasteiger partial charge in [-0.2, -0.15) is 5.10 Å². The van der Waals surface area contributed by atoms with Gasteiger partial charge in [-0.3, -0.25) is 9.79 Å². The predicted octanol–water partition coefficient (Wildman–Crippen LogP) is 2.96. The third kappa shape index (κ3) is 4.12. The van der Waals surface area contributed by atoms with Crippen molar-refractivity contribution in [3.63, 3.8) is 0 Å². The molecule has 27 heavy (non-hydrogen) atoms. The normalized spacial score (nSPS) is 12.0. The fourth-order valence-corrected chi connectivity index (χ4v) is 3.32. The first-order chi connectivity index (χ1) is 13.0. The van der Waals surface area contributed by atoms with E-state index >= 15 is 0 Å². The SMILES string of the molecule is CCN=c1scc(-c2ccc(O)c(C(N)=O)c2)n1/N=C\c1ccc(F)cc1. The average Bonchev–Trinajstić information content (AvgIpc) is 3.04. The van der Waals surface area contributed by atoms with Gasteiger partial charge in [0.25, 0.3) is 5.91 Å². The first-order valence-corrected chi connectivity index (χ1v) is 9.01. The number of hydrogen-bond acceptors (Lipinski definition) is 5. The molecule has 0 spiro atoms. The van der Waals surface area contributed by atoms with E-state index in [0.29, 0.717) is 22.6 Å². The second kappa shape index (κ2) is 7.96. The Balaban J connectivity index is 2.10. The maximum absolute atomic E-state index is 13.1. The quantitative estimate of drug-likeness (QED) is 0.662. The van der Waals surface area contributed by atoms with Crippen LogP contribution in [0.4, 0.5) is 4.39 Å². The Morgan fingerprint density at radius 1 is 1.30 bits per heavy atom. The third-order valence-corrected chi connectivity index (χ3v) is 4.58. The van der Waals surface area contributed by atoms with E-state index in [0.717, 1.165) is 5.56 Å². The van der Waals surface area contributed by atoms with Gasteiger partial charge in [0.1, 0.15) is 11.6 Å². The first kappa shape index (κ1) is 18.5. The Labute approximate surface area is 158 Å². The fourth-order valence-electron chi connectivity index (χ4n) is 2.42. The van der Waals surface area contributed by atoms with Crippen molar-refractivity contribution in [3.05, 3.63) is 69.6 Å². The number of carbonyl (C=O) groups excluding carboxylic acids is 1. The number of benzene rings is 2. The zero-order valence-electron chi connectivity index (χ0n) is 14.5. The van der Waals surface area contributed by atoms with E-state index in [1.165, 1.54) is 35.6 Å². The lowest BCUT2D eigenvalue weighted by atomic mass is 10.1. The van der Waals surface area contributed by atoms with Crippen LogP contribution in [0.25, 0.3) is 11.3 Å². The van der Waals surface area contributed by atoms with Crippen LogP contribution < -0.4 is 10.5 Å². The lowest BCUT2D eigenvalue weighted by Crippen LogP contribution is -2.13. The molecule has 0 bridgehead atoms. The Morgan fingerprint density at radius 3 is 2.70 bits per heavy atom. The van der Waals surface area contributed by atoms with Gasteiger partial charge >= 0.3 is 0 Å². The van der Waals surface area contributed by atoms with Gasteiger partial charge < -0.3 is 10.8 Å². The molecule has 6 nitrogen and oxygen atoms in total. The van der Waals surface area contributed by atoms with Crippen LogP contribution in [0.3, 0.4) is 0 Å². The van der Waals surface area contributed by atoms with Gasteiger partial charge in [-0.25, -0.2) is 9.07 Å². The summed E-state index contributed by atoms with van der Waals surface area (Å²) in [6.07, 6.45) is 1.60. The molecular weight excluding hydrogens is 367 g/mol. The van der Waals surface area contributed by atoms with Crippen molar-refractivity contribution in [3.8, 4) is 17.0 Å². The highest BCUT2D eigenvalue weighted by Gasteiger charge is 2.13. The van der Waals surface area contributed by atoms with E-state index in [-0.39, 0.29) is 17.1 Å². The van der Waals surface area contributed by atoms with Crippen molar-refractivity contribution in [1.82, 2.24) is 4.68 Å². The van der Waals surface area contributed by atoms with Crippen LogP contribution in [0.15, 0.2) is 57.9 Å². The molecule has 0 aliphatic rings. The fraction of sp³-hybridized carbons (Fsp3) is 0.105. The minimum atomic E-state index is -0.718. The summed E-state index contributed by atoms with van der Waals surface area (Å²) < 4.78 is 14.7. The highest BCUT2D eigenvalue weighted by atomic mass is 32.1. The van der Waals surface area contributed by atoms with E-state index in [9.17, 15) is 14.3 Å². The zero-order valence-corrected chi connectivity index (χ0v) is 15.3. The van der Waals surface area contributed by atoms with E-state index < -0.39 is 5.91 Å². The van der Waals surface area contributed by atoms with Crippen LogP contribution in [0.5, 0.6) is 5.75 Å². The van der Waals surface area contributed by atoms with Crippen molar-refractivity contribution < 1.29 is 14.3 Å². The summed E-state index contributed by atoms with van der Waals surface area (Å²) >= 11 is 1.40. The molecule has 8 heteroatoms. The summed E-state index contributed by atoms with van der Waals surface area (Å²) in [5.41, 5.74) is 7.42. The number of aromatic hydroxyl groups is 1. The van der Waals surface area contributed by atoms with Crippen LogP contribution in [0, 0.1) is 5.82 Å². The van der Waals surface area contributed by atoms with E-state index in [2.05, 4.69) is 10.1 Å². The molecule has 0 fully saturated rings. The largest absolute Gasteiger partial charge is 0.507 e. The summed E-state index contributed by atoms with van der Waals surface area (Å²) in [4.78, 5) is 16.6. The number of rotatable bonds is 5. The molecule has 0 aliphatic heterocycles. The monoisotopic (exact) mass is 384 g/mol. The van der Waals surface area contributed by atoms with Gasteiger partial charge in [0.2, 0.25) is 4.80 Å². The first-order valence-electron chi connectivity index (χ1n) is 8.13. The number of amides is 1. The Kier molecular flexibility index (Phi) is 5.46. The topological polar surface area (TPSA) is 93.0 Å². The van der Waals surface area contributed by atoms with E-state index in [1.54, 1.807) is 29.1 Å². The number of nitrogens with zero attached hydrogens (tertiary/aromatic N) is 3. The number of carbonyl (C=O) groups is 1. The number of halogens is 1. The molecule has 0 atom stereocenters. The van der Waals surface area contributed by atoms with Crippen LogP contribution in [0.1, 0.15) is 22.8 Å². The minimum absolute atomic E-state index is 0.0294. The molecule has 3 aromatic rings. The van der Waals surface area contributed by atoms with E-state index in [1.807, 2.05) is 12.3 Å². The summed E-state index contributed by atoms with van der Waals surface area (Å²) in [5.74, 6) is -1.22. The molecule has 0 radical (unpaired) electrons. The lowest BCUT2D eigenvalue weighted by Gasteiger charge is -2.06. The number of nitrogens with two attached hydrogens (primary N) is 1. The third-order valence-electron chi connectivity index (χ3n) is 3.73. The number of thiazole rings is 1. The molecule has 0 unspecified atom stereocenters. The van der Waals surface area contributed by atoms with Gasteiger partial charge in [0.15, 0.2) is 0 Å². The van der Waals surface area contributed by atoms with Gasteiger partial charge in [-0.1, -0.05) is 12.1 Å². The zero-order chi connectivity index (χ0) is 19.4. The second-order valence-corrected chi connectivity index (χ2v) is 6.42. The highest BCUT2D eigenvalue weighted by Crippen LogP contribution is 2.26. The van der Waals surface area contributed by atoms with Crippen molar-refractivity contribution in [2.45, 2.75) is 6.92 Å². The summed E-state index contributed by atoms with van der Waals surface area (Å²) in [5, 5.41) is 16.1. The summed E-state index contributed by atoms with van der Waals surface area (Å²) in [6.45, 7) is 2.49. The molecule has 0 saturated heterocycles. The molecule has 1 amide bonds. The van der Waals surface area contributed by atoms with E-state index in [4.69, 9.17) is 5.73 Å². The van der Waals surface area contributed by atoms with Crippen LogP contribution in [0.2, 0.25) is 0 Å². The highest BCUT2D eigenvalue weighted by molar-refractivity contribution is 7.07. The van der Waals surface area contributed by atoms with Crippen molar-refractivity contribution in [2.75, 3.05) is 6.54 Å². The van der Waals surface area contributed by atoms with Crippen molar-refractivity contribution in [2.24, 2.45) is 15.8 Å². The van der Waals surface area contributed by atoms with Crippen LogP contribution in [-0.4, -0.2) is 28.4 Å².